The summed E-state index contributed by atoms with van der Waals surface area (Å²) in [6.45, 7) is 7.73. The summed E-state index contributed by atoms with van der Waals surface area (Å²) < 4.78 is 0. The highest BCUT2D eigenvalue weighted by Gasteiger charge is 2.25. The zero-order valence-corrected chi connectivity index (χ0v) is 14.7. The highest BCUT2D eigenvalue weighted by molar-refractivity contribution is 5.99. The smallest absolute Gasteiger partial charge is 0.246 e. The van der Waals surface area contributed by atoms with Gasteiger partial charge >= 0.3 is 0 Å². The SMILES string of the molecule is CC(NC(=O)C(C)(C)C)C(=O)Nc1cccc(N2CCCC2=O)c1. The maximum absolute atomic E-state index is 12.3. The number of anilines is 2. The number of rotatable bonds is 4. The summed E-state index contributed by atoms with van der Waals surface area (Å²) >= 11 is 0. The summed E-state index contributed by atoms with van der Waals surface area (Å²) in [4.78, 5) is 37.8. The second kappa shape index (κ2) is 7.03. The standard InChI is InChI=1S/C18H25N3O3/c1-12(19-17(24)18(2,3)4)16(23)20-13-7-5-8-14(11-13)21-10-6-9-15(21)22/h5,7-8,11-12H,6,9-10H2,1-4H3,(H,19,24)(H,20,23). The maximum Gasteiger partial charge on any atom is 0.246 e. The fraction of sp³-hybridized carbons (Fsp3) is 0.500. The van der Waals surface area contributed by atoms with E-state index in [1.807, 2.05) is 6.07 Å². The first kappa shape index (κ1) is 18.0. The molecule has 1 fully saturated rings. The summed E-state index contributed by atoms with van der Waals surface area (Å²) in [6.07, 6.45) is 1.41. The lowest BCUT2D eigenvalue weighted by atomic mass is 9.95. The topological polar surface area (TPSA) is 78.5 Å². The molecule has 1 aromatic rings. The molecule has 1 aliphatic heterocycles. The zero-order valence-electron chi connectivity index (χ0n) is 14.7. The minimum atomic E-state index is -0.645. The van der Waals surface area contributed by atoms with Gasteiger partial charge in [-0.25, -0.2) is 0 Å². The molecule has 1 aliphatic rings. The summed E-state index contributed by atoms with van der Waals surface area (Å²) in [5.41, 5.74) is 0.834. The molecule has 0 spiro atoms. The predicted octanol–water partition coefficient (Wildman–Crippen LogP) is 2.30. The van der Waals surface area contributed by atoms with E-state index >= 15 is 0 Å². The number of nitrogens with one attached hydrogen (secondary N) is 2. The van der Waals surface area contributed by atoms with Crippen molar-refractivity contribution < 1.29 is 14.4 Å². The summed E-state index contributed by atoms with van der Waals surface area (Å²) in [5.74, 6) is -0.372. The van der Waals surface area contributed by atoms with E-state index in [9.17, 15) is 14.4 Å². The molecule has 0 aliphatic carbocycles. The van der Waals surface area contributed by atoms with Gasteiger partial charge in [0.05, 0.1) is 0 Å². The number of amides is 3. The van der Waals surface area contributed by atoms with E-state index in [0.29, 0.717) is 18.7 Å². The summed E-state index contributed by atoms with van der Waals surface area (Å²) in [5, 5.41) is 5.49. The first-order valence-electron chi connectivity index (χ1n) is 8.21. The molecule has 0 aromatic heterocycles. The highest BCUT2D eigenvalue weighted by atomic mass is 16.2. The van der Waals surface area contributed by atoms with Crippen LogP contribution in [0.2, 0.25) is 0 Å². The van der Waals surface area contributed by atoms with Gasteiger partial charge in [-0.2, -0.15) is 0 Å². The van der Waals surface area contributed by atoms with E-state index in [2.05, 4.69) is 10.6 Å². The third-order valence-corrected chi connectivity index (χ3v) is 3.92. The number of nitrogens with zero attached hydrogens (tertiary/aromatic N) is 1. The molecule has 2 N–H and O–H groups in total. The Morgan fingerprint density at radius 2 is 1.96 bits per heavy atom. The van der Waals surface area contributed by atoms with E-state index in [1.165, 1.54) is 0 Å². The molecule has 3 amide bonds. The lowest BCUT2D eigenvalue weighted by Crippen LogP contribution is -2.46. The van der Waals surface area contributed by atoms with Gasteiger partial charge in [0.1, 0.15) is 6.04 Å². The summed E-state index contributed by atoms with van der Waals surface area (Å²) in [6, 6.07) is 6.55. The molecule has 2 rings (SSSR count). The van der Waals surface area contributed by atoms with Crippen LogP contribution in [0.4, 0.5) is 11.4 Å². The lowest BCUT2D eigenvalue weighted by molar-refractivity contribution is -0.131. The van der Waals surface area contributed by atoms with Crippen LogP contribution in [0.1, 0.15) is 40.5 Å². The molecular weight excluding hydrogens is 306 g/mol. The van der Waals surface area contributed by atoms with Crippen LogP contribution in [0.25, 0.3) is 0 Å². The van der Waals surface area contributed by atoms with Gasteiger partial charge in [0.15, 0.2) is 0 Å². The minimum absolute atomic E-state index is 0.101. The molecule has 1 saturated heterocycles. The second-order valence-corrected chi connectivity index (χ2v) is 7.13. The predicted molar refractivity (Wildman–Crippen MR) is 93.7 cm³/mol. The first-order valence-corrected chi connectivity index (χ1v) is 8.21. The van der Waals surface area contributed by atoms with E-state index < -0.39 is 11.5 Å². The van der Waals surface area contributed by atoms with Crippen LogP contribution in [0, 0.1) is 5.41 Å². The van der Waals surface area contributed by atoms with Gasteiger partial charge in [-0.1, -0.05) is 26.8 Å². The van der Waals surface area contributed by atoms with Crippen molar-refractivity contribution in [2.24, 2.45) is 5.41 Å². The van der Waals surface area contributed by atoms with E-state index in [1.54, 1.807) is 50.8 Å². The zero-order chi connectivity index (χ0) is 17.9. The van der Waals surface area contributed by atoms with Crippen molar-refractivity contribution in [2.45, 2.75) is 46.6 Å². The van der Waals surface area contributed by atoms with Gasteiger partial charge in [0, 0.05) is 29.8 Å². The third kappa shape index (κ3) is 4.34. The second-order valence-electron chi connectivity index (χ2n) is 7.13. The van der Waals surface area contributed by atoms with Crippen LogP contribution in [-0.4, -0.2) is 30.3 Å². The van der Waals surface area contributed by atoms with Crippen LogP contribution >= 0.6 is 0 Å². The van der Waals surface area contributed by atoms with Gasteiger partial charge in [0.25, 0.3) is 0 Å². The van der Waals surface area contributed by atoms with E-state index in [0.717, 1.165) is 12.1 Å². The number of carbonyl (C=O) groups excluding carboxylic acids is 3. The normalized spacial score (nSPS) is 16.0. The average molecular weight is 331 g/mol. The quantitative estimate of drug-likeness (QED) is 0.888. The Labute approximate surface area is 142 Å². The molecule has 0 saturated carbocycles. The molecule has 0 bridgehead atoms. The van der Waals surface area contributed by atoms with Crippen molar-refractivity contribution in [2.75, 3.05) is 16.8 Å². The third-order valence-electron chi connectivity index (χ3n) is 3.92. The van der Waals surface area contributed by atoms with Crippen LogP contribution in [0.3, 0.4) is 0 Å². The van der Waals surface area contributed by atoms with Crippen LogP contribution in [0.15, 0.2) is 24.3 Å². The van der Waals surface area contributed by atoms with Gasteiger partial charge in [-0.05, 0) is 31.5 Å². The van der Waals surface area contributed by atoms with Crippen molar-refractivity contribution in [1.29, 1.82) is 0 Å². The number of hydrogen-bond donors (Lipinski definition) is 2. The Balaban J connectivity index is 2.01. The van der Waals surface area contributed by atoms with Gasteiger partial charge < -0.3 is 15.5 Å². The molecule has 130 valence electrons. The molecule has 1 heterocycles. The Bertz CT molecular complexity index is 649. The fourth-order valence-electron chi connectivity index (χ4n) is 2.40. The average Bonchev–Trinajstić information content (AvgIpc) is 2.92. The Kier molecular flexibility index (Phi) is 5.26. The molecule has 0 radical (unpaired) electrons. The molecular formula is C18H25N3O3. The van der Waals surface area contributed by atoms with Crippen LogP contribution < -0.4 is 15.5 Å². The van der Waals surface area contributed by atoms with E-state index in [-0.39, 0.29) is 17.7 Å². The Morgan fingerprint density at radius 3 is 2.54 bits per heavy atom. The molecule has 1 aromatic carbocycles. The number of benzene rings is 1. The van der Waals surface area contributed by atoms with Crippen molar-refractivity contribution >= 4 is 29.1 Å². The largest absolute Gasteiger partial charge is 0.344 e. The van der Waals surface area contributed by atoms with Crippen molar-refractivity contribution in [3.8, 4) is 0 Å². The summed E-state index contributed by atoms with van der Waals surface area (Å²) in [7, 11) is 0. The molecule has 1 unspecified atom stereocenters. The lowest BCUT2D eigenvalue weighted by Gasteiger charge is -2.22. The van der Waals surface area contributed by atoms with Crippen molar-refractivity contribution in [3.05, 3.63) is 24.3 Å². The molecule has 6 nitrogen and oxygen atoms in total. The number of hydrogen-bond acceptors (Lipinski definition) is 3. The van der Waals surface area contributed by atoms with Crippen LogP contribution in [-0.2, 0) is 14.4 Å². The molecule has 1 atom stereocenters. The Hall–Kier alpha value is -2.37. The van der Waals surface area contributed by atoms with E-state index in [4.69, 9.17) is 0 Å². The van der Waals surface area contributed by atoms with Crippen molar-refractivity contribution in [1.82, 2.24) is 5.32 Å². The minimum Gasteiger partial charge on any atom is -0.344 e. The Morgan fingerprint density at radius 1 is 1.25 bits per heavy atom. The van der Waals surface area contributed by atoms with Gasteiger partial charge in [0.2, 0.25) is 17.7 Å². The highest BCUT2D eigenvalue weighted by Crippen LogP contribution is 2.24. The first-order chi connectivity index (χ1) is 11.2. The maximum atomic E-state index is 12.3. The molecule has 24 heavy (non-hydrogen) atoms. The fourth-order valence-corrected chi connectivity index (χ4v) is 2.40. The molecule has 6 heteroatoms. The van der Waals surface area contributed by atoms with Gasteiger partial charge in [-0.3, -0.25) is 14.4 Å². The van der Waals surface area contributed by atoms with Crippen molar-refractivity contribution in [3.63, 3.8) is 0 Å². The van der Waals surface area contributed by atoms with Crippen LogP contribution in [0.5, 0.6) is 0 Å². The monoisotopic (exact) mass is 331 g/mol. The number of carbonyl (C=O) groups is 3. The van der Waals surface area contributed by atoms with Gasteiger partial charge in [-0.15, -0.1) is 0 Å².